The van der Waals surface area contributed by atoms with Crippen molar-refractivity contribution in [2.75, 3.05) is 23.5 Å². The summed E-state index contributed by atoms with van der Waals surface area (Å²) in [5.74, 6) is -0.401. The number of nitrogens with one attached hydrogen (secondary N) is 2. The van der Waals surface area contributed by atoms with Crippen molar-refractivity contribution in [2.24, 2.45) is 0 Å². The lowest BCUT2D eigenvalue weighted by atomic mass is 10.2. The van der Waals surface area contributed by atoms with Gasteiger partial charge in [0.2, 0.25) is 0 Å². The van der Waals surface area contributed by atoms with Crippen LogP contribution in [0.5, 0.6) is 5.75 Å². The second kappa shape index (κ2) is 9.40. The van der Waals surface area contributed by atoms with Crippen LogP contribution in [-0.4, -0.2) is 38.1 Å². The van der Waals surface area contributed by atoms with Crippen molar-refractivity contribution in [3.8, 4) is 5.75 Å². The molecule has 0 aliphatic rings. The van der Waals surface area contributed by atoms with Gasteiger partial charge in [-0.3, -0.25) is 14.6 Å². The number of amides is 2. The molecule has 0 aliphatic carbocycles. The quantitative estimate of drug-likeness (QED) is 0.583. The number of carbonyl (C=O) groups is 2. The molecule has 160 valence electrons. The zero-order chi connectivity index (χ0) is 22.4. The van der Waals surface area contributed by atoms with Crippen LogP contribution in [0.15, 0.2) is 71.9 Å². The van der Waals surface area contributed by atoms with Crippen LogP contribution in [0.2, 0.25) is 0 Å². The van der Waals surface area contributed by atoms with E-state index in [1.54, 1.807) is 43.5 Å². The van der Waals surface area contributed by atoms with E-state index in [-0.39, 0.29) is 16.6 Å². The molecule has 2 amide bonds. The molecular formula is C22H21N3O5S. The molecular weight excluding hydrogens is 418 g/mol. The molecule has 3 rings (SSSR count). The van der Waals surface area contributed by atoms with Gasteiger partial charge < -0.3 is 15.4 Å². The molecule has 0 atom stereocenters. The molecule has 0 saturated carbocycles. The number of hydrogen-bond donors (Lipinski definition) is 2. The first-order valence-electron chi connectivity index (χ1n) is 9.37. The van der Waals surface area contributed by atoms with Crippen LogP contribution in [0.25, 0.3) is 0 Å². The van der Waals surface area contributed by atoms with Crippen molar-refractivity contribution >= 4 is 33.0 Å². The van der Waals surface area contributed by atoms with Gasteiger partial charge in [0.25, 0.3) is 11.8 Å². The van der Waals surface area contributed by atoms with E-state index in [1.165, 1.54) is 37.6 Å². The number of pyridine rings is 1. The van der Waals surface area contributed by atoms with Crippen LogP contribution in [0.3, 0.4) is 0 Å². The summed E-state index contributed by atoms with van der Waals surface area (Å²) < 4.78 is 29.1. The highest BCUT2D eigenvalue weighted by molar-refractivity contribution is 7.91. The molecule has 1 aromatic heterocycles. The van der Waals surface area contributed by atoms with Crippen molar-refractivity contribution in [2.45, 2.75) is 11.8 Å². The standard InChI is InChI=1S/C22H21N3O5S/c1-3-31(28,29)18-9-6-15(7-10-18)21(26)24-17-8-11-19(20(13-17)30-2)25-22(27)16-5-4-12-23-14-16/h4-14H,3H2,1-2H3,(H,24,26)(H,25,27). The second-order valence-electron chi connectivity index (χ2n) is 6.49. The molecule has 0 bridgehead atoms. The molecule has 3 aromatic rings. The largest absolute Gasteiger partial charge is 0.494 e. The van der Waals surface area contributed by atoms with E-state index in [0.29, 0.717) is 28.3 Å². The Balaban J connectivity index is 1.73. The highest BCUT2D eigenvalue weighted by atomic mass is 32.2. The zero-order valence-corrected chi connectivity index (χ0v) is 17.8. The minimum Gasteiger partial charge on any atom is -0.494 e. The maximum absolute atomic E-state index is 12.5. The number of methoxy groups -OCH3 is 1. The minimum absolute atomic E-state index is 0.0119. The fourth-order valence-electron chi connectivity index (χ4n) is 2.75. The molecule has 0 fully saturated rings. The molecule has 0 spiro atoms. The van der Waals surface area contributed by atoms with Crippen molar-refractivity contribution < 1.29 is 22.7 Å². The third-order valence-electron chi connectivity index (χ3n) is 4.49. The molecule has 31 heavy (non-hydrogen) atoms. The van der Waals surface area contributed by atoms with Crippen LogP contribution < -0.4 is 15.4 Å². The molecule has 2 aromatic carbocycles. The van der Waals surface area contributed by atoms with Gasteiger partial charge in [0, 0.05) is 29.7 Å². The fraction of sp³-hybridized carbons (Fsp3) is 0.136. The number of nitrogens with zero attached hydrogens (tertiary/aromatic N) is 1. The van der Waals surface area contributed by atoms with E-state index in [0.717, 1.165) is 0 Å². The summed E-state index contributed by atoms with van der Waals surface area (Å²) >= 11 is 0. The molecule has 2 N–H and O–H groups in total. The van der Waals surface area contributed by atoms with Gasteiger partial charge in [0.15, 0.2) is 9.84 Å². The van der Waals surface area contributed by atoms with Gasteiger partial charge in [0.05, 0.1) is 29.0 Å². The number of rotatable bonds is 7. The number of aromatic nitrogens is 1. The Morgan fingerprint density at radius 3 is 2.29 bits per heavy atom. The molecule has 9 heteroatoms. The van der Waals surface area contributed by atoms with Gasteiger partial charge in [-0.15, -0.1) is 0 Å². The average Bonchev–Trinajstić information content (AvgIpc) is 2.80. The van der Waals surface area contributed by atoms with Crippen LogP contribution >= 0.6 is 0 Å². The van der Waals surface area contributed by atoms with E-state index < -0.39 is 15.7 Å². The SMILES string of the molecule is CCS(=O)(=O)c1ccc(C(=O)Nc2ccc(NC(=O)c3cccnc3)c(OC)c2)cc1. The number of ether oxygens (including phenoxy) is 1. The van der Waals surface area contributed by atoms with E-state index in [2.05, 4.69) is 15.6 Å². The summed E-state index contributed by atoms with van der Waals surface area (Å²) in [6.07, 6.45) is 3.03. The normalized spacial score (nSPS) is 10.9. The summed E-state index contributed by atoms with van der Waals surface area (Å²) in [7, 11) is -1.88. The molecule has 0 radical (unpaired) electrons. The summed E-state index contributed by atoms with van der Waals surface area (Å²) in [6, 6.07) is 13.8. The van der Waals surface area contributed by atoms with Crippen molar-refractivity contribution in [3.63, 3.8) is 0 Å². The number of anilines is 2. The minimum atomic E-state index is -3.33. The van der Waals surface area contributed by atoms with Crippen LogP contribution in [0.4, 0.5) is 11.4 Å². The number of benzene rings is 2. The molecule has 0 aliphatic heterocycles. The summed E-state index contributed by atoms with van der Waals surface area (Å²) in [6.45, 7) is 1.56. The molecule has 8 nitrogen and oxygen atoms in total. The van der Waals surface area contributed by atoms with Crippen molar-refractivity contribution in [1.82, 2.24) is 4.98 Å². The number of carbonyl (C=O) groups excluding carboxylic acids is 2. The van der Waals surface area contributed by atoms with Crippen LogP contribution in [-0.2, 0) is 9.84 Å². The van der Waals surface area contributed by atoms with Gasteiger partial charge in [0.1, 0.15) is 5.75 Å². The highest BCUT2D eigenvalue weighted by Crippen LogP contribution is 2.28. The van der Waals surface area contributed by atoms with Crippen molar-refractivity contribution in [1.29, 1.82) is 0 Å². The Morgan fingerprint density at radius 2 is 1.68 bits per heavy atom. The number of sulfone groups is 1. The Labute approximate surface area is 180 Å². The third-order valence-corrected chi connectivity index (χ3v) is 6.24. The Bertz CT molecular complexity index is 1190. The second-order valence-corrected chi connectivity index (χ2v) is 8.77. The van der Waals surface area contributed by atoms with Gasteiger partial charge in [-0.25, -0.2) is 8.42 Å². The first-order valence-corrected chi connectivity index (χ1v) is 11.0. The predicted molar refractivity (Wildman–Crippen MR) is 117 cm³/mol. The first-order chi connectivity index (χ1) is 14.8. The smallest absolute Gasteiger partial charge is 0.257 e. The molecule has 1 heterocycles. The van der Waals surface area contributed by atoms with E-state index in [1.807, 2.05) is 0 Å². The van der Waals surface area contributed by atoms with Crippen LogP contribution in [0, 0.1) is 0 Å². The maximum atomic E-state index is 12.5. The topological polar surface area (TPSA) is 114 Å². The Kier molecular flexibility index (Phi) is 6.66. The first kappa shape index (κ1) is 22.0. The predicted octanol–water partition coefficient (Wildman–Crippen LogP) is 3.39. The van der Waals surface area contributed by atoms with Gasteiger partial charge in [-0.2, -0.15) is 0 Å². The van der Waals surface area contributed by atoms with Gasteiger partial charge >= 0.3 is 0 Å². The summed E-state index contributed by atoms with van der Waals surface area (Å²) in [4.78, 5) is 28.9. The Morgan fingerprint density at radius 1 is 0.968 bits per heavy atom. The lowest BCUT2D eigenvalue weighted by molar-refractivity contribution is 0.101. The summed E-state index contributed by atoms with van der Waals surface area (Å²) in [5.41, 5.74) is 1.59. The molecule has 0 saturated heterocycles. The monoisotopic (exact) mass is 439 g/mol. The maximum Gasteiger partial charge on any atom is 0.257 e. The van der Waals surface area contributed by atoms with Crippen molar-refractivity contribution in [3.05, 3.63) is 78.1 Å². The van der Waals surface area contributed by atoms with Gasteiger partial charge in [-0.05, 0) is 48.5 Å². The van der Waals surface area contributed by atoms with E-state index in [4.69, 9.17) is 4.74 Å². The lowest BCUT2D eigenvalue weighted by Gasteiger charge is -2.13. The van der Waals surface area contributed by atoms with E-state index in [9.17, 15) is 18.0 Å². The lowest BCUT2D eigenvalue weighted by Crippen LogP contribution is -2.14. The fourth-order valence-corrected chi connectivity index (χ4v) is 3.63. The number of hydrogen-bond acceptors (Lipinski definition) is 6. The third kappa shape index (κ3) is 5.26. The van der Waals surface area contributed by atoms with Crippen LogP contribution in [0.1, 0.15) is 27.6 Å². The highest BCUT2D eigenvalue weighted by Gasteiger charge is 2.14. The average molecular weight is 439 g/mol. The zero-order valence-electron chi connectivity index (χ0n) is 17.0. The molecule has 0 unspecified atom stereocenters. The summed E-state index contributed by atoms with van der Waals surface area (Å²) in [5, 5.41) is 5.47. The van der Waals surface area contributed by atoms with Gasteiger partial charge in [-0.1, -0.05) is 6.92 Å². The van der Waals surface area contributed by atoms with E-state index >= 15 is 0 Å². The Hall–Kier alpha value is -3.72.